The first kappa shape index (κ1) is 22.8. The number of rotatable bonds is 4. The number of nitrogens with zero attached hydrogens (tertiary/aromatic N) is 2. The topological polar surface area (TPSA) is 36.9 Å². The minimum absolute atomic E-state index is 0. The van der Waals surface area contributed by atoms with Crippen molar-refractivity contribution in [3.8, 4) is 0 Å². The largest absolute Gasteiger partial charge is 0.381 e. The van der Waals surface area contributed by atoms with Gasteiger partial charge in [0, 0.05) is 38.3 Å². The van der Waals surface area contributed by atoms with E-state index >= 15 is 0 Å². The average molecular weight is 515 g/mol. The number of hydrogen-bond donors (Lipinski definition) is 1. The van der Waals surface area contributed by atoms with E-state index in [1.807, 2.05) is 12.1 Å². The van der Waals surface area contributed by atoms with Crippen molar-refractivity contribution < 1.29 is 9.13 Å². The van der Waals surface area contributed by atoms with E-state index in [-0.39, 0.29) is 35.2 Å². The van der Waals surface area contributed by atoms with Crippen LogP contribution in [0.4, 0.5) is 4.39 Å². The molecule has 1 aromatic rings. The molecule has 0 unspecified atom stereocenters. The second-order valence-electron chi connectivity index (χ2n) is 8.95. The fourth-order valence-electron chi connectivity index (χ4n) is 5.40. The molecule has 162 valence electrons. The molecule has 0 aromatic heterocycles. The van der Waals surface area contributed by atoms with E-state index in [1.54, 1.807) is 12.1 Å². The smallest absolute Gasteiger partial charge is 0.193 e. The first-order chi connectivity index (χ1) is 13.6. The summed E-state index contributed by atoms with van der Waals surface area (Å²) in [5, 5.41) is 3.53. The summed E-state index contributed by atoms with van der Waals surface area (Å²) in [5.41, 5.74) is 1.66. The Morgan fingerprint density at radius 3 is 2.45 bits per heavy atom. The highest BCUT2D eigenvalue weighted by molar-refractivity contribution is 14.0. The zero-order valence-electron chi connectivity index (χ0n) is 17.6. The lowest BCUT2D eigenvalue weighted by molar-refractivity contribution is 0.0530. The van der Waals surface area contributed by atoms with Crippen LogP contribution in [0.5, 0.6) is 0 Å². The third-order valence-electron chi connectivity index (χ3n) is 7.17. The summed E-state index contributed by atoms with van der Waals surface area (Å²) in [7, 11) is 0. The van der Waals surface area contributed by atoms with Gasteiger partial charge in [-0.3, -0.25) is 4.99 Å². The van der Waals surface area contributed by atoms with Gasteiger partial charge < -0.3 is 15.0 Å². The van der Waals surface area contributed by atoms with Gasteiger partial charge in [-0.1, -0.05) is 25.0 Å². The second kappa shape index (κ2) is 9.94. The third kappa shape index (κ3) is 5.06. The number of nitrogens with one attached hydrogen (secondary N) is 1. The summed E-state index contributed by atoms with van der Waals surface area (Å²) >= 11 is 0. The SMILES string of the molecule is CCNC(=NCC1(c2ccc(F)cc2)CCOCC1)N1CCC2(CCCC2)C1.I. The molecular weight excluding hydrogens is 480 g/mol. The molecule has 1 aromatic carbocycles. The highest BCUT2D eigenvalue weighted by atomic mass is 127. The molecule has 29 heavy (non-hydrogen) atoms. The van der Waals surface area contributed by atoms with Crippen LogP contribution < -0.4 is 5.32 Å². The van der Waals surface area contributed by atoms with Crippen LogP contribution >= 0.6 is 24.0 Å². The van der Waals surface area contributed by atoms with Gasteiger partial charge in [-0.05, 0) is 62.1 Å². The fraction of sp³-hybridized carbons (Fsp3) is 0.696. The van der Waals surface area contributed by atoms with Crippen molar-refractivity contribution in [2.24, 2.45) is 10.4 Å². The normalized spacial score (nSPS) is 23.2. The lowest BCUT2D eigenvalue weighted by Gasteiger charge is -2.37. The molecule has 6 heteroatoms. The Hall–Kier alpha value is -0.890. The summed E-state index contributed by atoms with van der Waals surface area (Å²) in [6.07, 6.45) is 8.69. The Balaban J connectivity index is 0.00000240. The zero-order valence-corrected chi connectivity index (χ0v) is 19.9. The molecule has 4 rings (SSSR count). The molecule has 0 amide bonds. The molecule has 1 spiro atoms. The average Bonchev–Trinajstić information content (AvgIpc) is 3.36. The first-order valence-corrected chi connectivity index (χ1v) is 11.0. The van der Waals surface area contributed by atoms with Gasteiger partial charge >= 0.3 is 0 Å². The van der Waals surface area contributed by atoms with Gasteiger partial charge in [0.2, 0.25) is 0 Å². The van der Waals surface area contributed by atoms with E-state index in [9.17, 15) is 4.39 Å². The number of ether oxygens (including phenoxy) is 1. The maximum absolute atomic E-state index is 13.5. The van der Waals surface area contributed by atoms with Crippen molar-refractivity contribution in [2.75, 3.05) is 39.4 Å². The van der Waals surface area contributed by atoms with Gasteiger partial charge in [-0.25, -0.2) is 4.39 Å². The van der Waals surface area contributed by atoms with Crippen molar-refractivity contribution in [3.63, 3.8) is 0 Å². The molecule has 4 nitrogen and oxygen atoms in total. The lowest BCUT2D eigenvalue weighted by Crippen LogP contribution is -2.43. The molecule has 3 aliphatic rings. The Morgan fingerprint density at radius 2 is 1.79 bits per heavy atom. The van der Waals surface area contributed by atoms with E-state index in [2.05, 4.69) is 17.1 Å². The molecular formula is C23H35FIN3O. The number of likely N-dealkylation sites (tertiary alicyclic amines) is 1. The van der Waals surface area contributed by atoms with Crippen molar-refractivity contribution >= 4 is 29.9 Å². The van der Waals surface area contributed by atoms with Crippen LogP contribution in [0.15, 0.2) is 29.3 Å². The molecule has 1 N–H and O–H groups in total. The van der Waals surface area contributed by atoms with E-state index in [4.69, 9.17) is 9.73 Å². The van der Waals surface area contributed by atoms with E-state index < -0.39 is 0 Å². The minimum Gasteiger partial charge on any atom is -0.381 e. The van der Waals surface area contributed by atoms with Gasteiger partial charge in [0.05, 0.1) is 6.54 Å². The Bertz CT molecular complexity index is 682. The van der Waals surface area contributed by atoms with Crippen LogP contribution in [0.2, 0.25) is 0 Å². The fourth-order valence-corrected chi connectivity index (χ4v) is 5.40. The molecule has 2 aliphatic heterocycles. The molecule has 2 heterocycles. The number of guanidine groups is 1. The molecule has 0 bridgehead atoms. The lowest BCUT2D eigenvalue weighted by atomic mass is 9.74. The van der Waals surface area contributed by atoms with Crippen LogP contribution in [0.3, 0.4) is 0 Å². The number of aliphatic imine (C=N–C) groups is 1. The summed E-state index contributed by atoms with van der Waals surface area (Å²) in [5.74, 6) is 0.876. The van der Waals surface area contributed by atoms with Gasteiger partial charge in [0.15, 0.2) is 5.96 Å². The van der Waals surface area contributed by atoms with Crippen LogP contribution in [-0.4, -0.2) is 50.3 Å². The maximum atomic E-state index is 13.5. The summed E-state index contributed by atoms with van der Waals surface area (Å²) in [4.78, 5) is 7.61. The number of benzene rings is 1. The standard InChI is InChI=1S/C23H34FN3O.HI/c1-2-25-21(27-14-11-22(18-27)9-3-4-10-22)26-17-23(12-15-28-16-13-23)19-5-7-20(24)8-6-19;/h5-8H,2-4,9-18H2,1H3,(H,25,26);1H. The molecule has 0 atom stereocenters. The minimum atomic E-state index is -0.179. The van der Waals surface area contributed by atoms with Gasteiger partial charge in [0.1, 0.15) is 5.82 Å². The zero-order chi connectivity index (χ0) is 19.5. The first-order valence-electron chi connectivity index (χ1n) is 11.0. The molecule has 0 radical (unpaired) electrons. The third-order valence-corrected chi connectivity index (χ3v) is 7.17. The monoisotopic (exact) mass is 515 g/mol. The highest BCUT2D eigenvalue weighted by Gasteiger charge is 2.41. The summed E-state index contributed by atoms with van der Waals surface area (Å²) in [6, 6.07) is 7.02. The number of hydrogen-bond acceptors (Lipinski definition) is 2. The van der Waals surface area contributed by atoms with E-state index in [1.165, 1.54) is 37.7 Å². The van der Waals surface area contributed by atoms with Crippen LogP contribution in [0.25, 0.3) is 0 Å². The van der Waals surface area contributed by atoms with Crippen LogP contribution in [0, 0.1) is 11.2 Å². The predicted octanol–water partition coefficient (Wildman–Crippen LogP) is 4.72. The second-order valence-corrected chi connectivity index (χ2v) is 8.95. The molecule has 1 saturated carbocycles. The summed E-state index contributed by atoms with van der Waals surface area (Å²) < 4.78 is 19.1. The Labute approximate surface area is 191 Å². The van der Waals surface area contributed by atoms with Crippen molar-refractivity contribution in [1.29, 1.82) is 0 Å². The predicted molar refractivity (Wildman–Crippen MR) is 127 cm³/mol. The summed E-state index contributed by atoms with van der Waals surface area (Å²) in [6.45, 7) is 7.50. The Kier molecular flexibility index (Phi) is 7.81. The van der Waals surface area contributed by atoms with Crippen molar-refractivity contribution in [1.82, 2.24) is 10.2 Å². The molecule has 2 saturated heterocycles. The van der Waals surface area contributed by atoms with Gasteiger partial charge in [-0.2, -0.15) is 0 Å². The van der Waals surface area contributed by atoms with E-state index in [0.29, 0.717) is 5.41 Å². The van der Waals surface area contributed by atoms with Gasteiger partial charge in [0.25, 0.3) is 0 Å². The molecule has 3 fully saturated rings. The van der Waals surface area contributed by atoms with Gasteiger partial charge in [-0.15, -0.1) is 24.0 Å². The highest BCUT2D eigenvalue weighted by Crippen LogP contribution is 2.45. The quantitative estimate of drug-likeness (QED) is 0.358. The van der Waals surface area contributed by atoms with Crippen LogP contribution in [0.1, 0.15) is 57.4 Å². The Morgan fingerprint density at radius 1 is 1.10 bits per heavy atom. The van der Waals surface area contributed by atoms with Crippen LogP contribution in [-0.2, 0) is 10.2 Å². The maximum Gasteiger partial charge on any atom is 0.193 e. The van der Waals surface area contributed by atoms with Crippen molar-refractivity contribution in [2.45, 2.75) is 57.3 Å². The molecule has 1 aliphatic carbocycles. The van der Waals surface area contributed by atoms with E-state index in [0.717, 1.165) is 58.2 Å². The van der Waals surface area contributed by atoms with Crippen molar-refractivity contribution in [3.05, 3.63) is 35.6 Å². The number of halogens is 2.